The van der Waals surface area contributed by atoms with E-state index in [-0.39, 0.29) is 5.17 Å². The van der Waals surface area contributed by atoms with Gasteiger partial charge in [-0.3, -0.25) is 0 Å². The molecule has 2 nitrogen and oxygen atoms in total. The standard InChI is InChI=1S/C6H8Cl2N2/c1-4(5(2)7)3-6(8)10-9/h3H,2,9H2,1H3/b4-3-,10-6+. The summed E-state index contributed by atoms with van der Waals surface area (Å²) in [6.07, 6.45) is 1.54. The lowest BCUT2D eigenvalue weighted by Crippen LogP contribution is -1.89. The molecule has 0 aromatic carbocycles. The predicted molar refractivity (Wildman–Crippen MR) is 46.2 cm³/mol. The van der Waals surface area contributed by atoms with Crippen LogP contribution >= 0.6 is 23.2 Å². The summed E-state index contributed by atoms with van der Waals surface area (Å²) in [5, 5.41) is 3.86. The lowest BCUT2D eigenvalue weighted by molar-refractivity contribution is 1.26. The molecule has 0 amide bonds. The van der Waals surface area contributed by atoms with Crippen molar-refractivity contribution in [1.82, 2.24) is 0 Å². The van der Waals surface area contributed by atoms with Crippen LogP contribution in [0.25, 0.3) is 0 Å². The van der Waals surface area contributed by atoms with E-state index in [9.17, 15) is 0 Å². The predicted octanol–water partition coefficient (Wildman–Crippen LogP) is 2.20. The fourth-order valence-electron chi connectivity index (χ4n) is 0.294. The van der Waals surface area contributed by atoms with Crippen molar-refractivity contribution < 1.29 is 0 Å². The average Bonchev–Trinajstić information content (AvgIpc) is 1.87. The topological polar surface area (TPSA) is 38.4 Å². The van der Waals surface area contributed by atoms with Crippen molar-refractivity contribution in [1.29, 1.82) is 0 Å². The van der Waals surface area contributed by atoms with Gasteiger partial charge in [0.2, 0.25) is 0 Å². The molecule has 56 valence electrons. The van der Waals surface area contributed by atoms with Crippen LogP contribution < -0.4 is 5.84 Å². The molecule has 0 unspecified atom stereocenters. The summed E-state index contributed by atoms with van der Waals surface area (Å²) in [6.45, 7) is 5.25. The van der Waals surface area contributed by atoms with E-state index in [1.54, 1.807) is 6.92 Å². The van der Waals surface area contributed by atoms with E-state index >= 15 is 0 Å². The van der Waals surface area contributed by atoms with Gasteiger partial charge in [0, 0.05) is 5.03 Å². The van der Waals surface area contributed by atoms with Crippen LogP contribution in [0.4, 0.5) is 0 Å². The van der Waals surface area contributed by atoms with E-state index in [2.05, 4.69) is 11.7 Å². The van der Waals surface area contributed by atoms with Gasteiger partial charge in [0.25, 0.3) is 0 Å². The Labute approximate surface area is 70.0 Å². The van der Waals surface area contributed by atoms with E-state index in [0.717, 1.165) is 5.57 Å². The van der Waals surface area contributed by atoms with Crippen LogP contribution in [0.5, 0.6) is 0 Å². The Bertz CT molecular complexity index is 194. The highest BCUT2D eigenvalue weighted by Crippen LogP contribution is 2.11. The van der Waals surface area contributed by atoms with Gasteiger partial charge in [-0.05, 0) is 18.6 Å². The van der Waals surface area contributed by atoms with Crippen molar-refractivity contribution in [3.63, 3.8) is 0 Å². The third-order valence-corrected chi connectivity index (χ3v) is 1.39. The first-order chi connectivity index (χ1) is 4.57. The molecular weight excluding hydrogens is 171 g/mol. The third-order valence-electron chi connectivity index (χ3n) is 0.887. The number of hydrazone groups is 1. The van der Waals surface area contributed by atoms with Crippen molar-refractivity contribution in [3.05, 3.63) is 23.3 Å². The van der Waals surface area contributed by atoms with Crippen molar-refractivity contribution in [2.24, 2.45) is 10.9 Å². The molecule has 0 aromatic heterocycles. The SMILES string of the molecule is C=C(Cl)/C(C)=C\C(Cl)=N/N. The number of halogens is 2. The van der Waals surface area contributed by atoms with Gasteiger partial charge in [0.05, 0.1) is 0 Å². The van der Waals surface area contributed by atoms with Crippen molar-refractivity contribution in [2.45, 2.75) is 6.92 Å². The number of nitrogens with two attached hydrogens (primary N) is 1. The van der Waals surface area contributed by atoms with Crippen LogP contribution in [0.1, 0.15) is 6.92 Å². The van der Waals surface area contributed by atoms with E-state index < -0.39 is 0 Å². The highest BCUT2D eigenvalue weighted by molar-refractivity contribution is 6.68. The summed E-state index contributed by atoms with van der Waals surface area (Å²) in [5.74, 6) is 4.86. The smallest absolute Gasteiger partial charge is 0.148 e. The van der Waals surface area contributed by atoms with Gasteiger partial charge in [-0.2, -0.15) is 5.10 Å². The first-order valence-electron chi connectivity index (χ1n) is 2.54. The number of hydrogen-bond donors (Lipinski definition) is 1. The van der Waals surface area contributed by atoms with E-state index in [1.807, 2.05) is 0 Å². The summed E-state index contributed by atoms with van der Waals surface area (Å²) in [4.78, 5) is 0. The molecule has 0 fully saturated rings. The fourth-order valence-corrected chi connectivity index (χ4v) is 0.512. The summed E-state index contributed by atoms with van der Waals surface area (Å²) < 4.78 is 0. The van der Waals surface area contributed by atoms with Gasteiger partial charge in [-0.25, -0.2) is 0 Å². The van der Waals surface area contributed by atoms with E-state index in [1.165, 1.54) is 6.08 Å². The minimum atomic E-state index is 0.208. The molecule has 2 N–H and O–H groups in total. The quantitative estimate of drug-likeness (QED) is 0.300. The van der Waals surface area contributed by atoms with E-state index in [0.29, 0.717) is 5.03 Å². The first kappa shape index (κ1) is 9.53. The van der Waals surface area contributed by atoms with Crippen molar-refractivity contribution in [3.8, 4) is 0 Å². The highest BCUT2D eigenvalue weighted by Gasteiger charge is 1.92. The zero-order chi connectivity index (χ0) is 8.15. The highest BCUT2D eigenvalue weighted by atomic mass is 35.5. The molecule has 10 heavy (non-hydrogen) atoms. The molecule has 4 heteroatoms. The van der Waals surface area contributed by atoms with Crippen molar-refractivity contribution in [2.75, 3.05) is 0 Å². The second kappa shape index (κ2) is 4.36. The first-order valence-corrected chi connectivity index (χ1v) is 3.30. The average molecular weight is 179 g/mol. The lowest BCUT2D eigenvalue weighted by Gasteiger charge is -1.93. The minimum Gasteiger partial charge on any atom is -0.322 e. The second-order valence-corrected chi connectivity index (χ2v) is 2.53. The largest absolute Gasteiger partial charge is 0.322 e. The molecule has 0 aromatic rings. The van der Waals surface area contributed by atoms with Crippen LogP contribution in [0.2, 0.25) is 0 Å². The molecule has 0 saturated carbocycles. The fraction of sp³-hybridized carbons (Fsp3) is 0.167. The maximum Gasteiger partial charge on any atom is 0.148 e. The number of hydrogen-bond acceptors (Lipinski definition) is 2. The molecule has 0 heterocycles. The maximum atomic E-state index is 5.51. The molecule has 0 aliphatic heterocycles. The van der Waals surface area contributed by atoms with Crippen LogP contribution in [0, 0.1) is 0 Å². The summed E-state index contributed by atoms with van der Waals surface area (Å²) in [6, 6.07) is 0. The minimum absolute atomic E-state index is 0.208. The third kappa shape index (κ3) is 3.54. The molecule has 0 bridgehead atoms. The Hall–Kier alpha value is -0.470. The number of rotatable bonds is 2. The summed E-state index contributed by atoms with van der Waals surface area (Å²) >= 11 is 11.0. The number of nitrogens with zero attached hydrogens (tertiary/aromatic N) is 1. The molecular formula is C6H8Cl2N2. The summed E-state index contributed by atoms with van der Waals surface area (Å²) in [5.41, 5.74) is 0.751. The maximum absolute atomic E-state index is 5.51. The van der Waals surface area contributed by atoms with Gasteiger partial charge in [-0.1, -0.05) is 29.8 Å². The molecule has 0 spiro atoms. The molecule has 0 aliphatic rings. The Morgan fingerprint density at radius 1 is 1.60 bits per heavy atom. The number of allylic oxidation sites excluding steroid dienone is 3. The van der Waals surface area contributed by atoms with Gasteiger partial charge >= 0.3 is 0 Å². The Morgan fingerprint density at radius 2 is 2.10 bits per heavy atom. The normalized spacial score (nSPS) is 13.5. The Kier molecular flexibility index (Phi) is 4.16. The van der Waals surface area contributed by atoms with Gasteiger partial charge < -0.3 is 5.84 Å². The van der Waals surface area contributed by atoms with Crippen molar-refractivity contribution >= 4 is 28.4 Å². The molecule has 0 atom stereocenters. The molecule has 0 radical (unpaired) electrons. The van der Waals surface area contributed by atoms with Crippen LogP contribution in [0.3, 0.4) is 0 Å². The molecule has 0 aliphatic carbocycles. The lowest BCUT2D eigenvalue weighted by atomic mass is 10.3. The van der Waals surface area contributed by atoms with Crippen LogP contribution in [-0.2, 0) is 0 Å². The Balaban J connectivity index is 4.31. The second-order valence-electron chi connectivity index (χ2n) is 1.68. The monoisotopic (exact) mass is 178 g/mol. The molecule has 0 rings (SSSR count). The summed E-state index contributed by atoms with van der Waals surface area (Å²) in [7, 11) is 0. The van der Waals surface area contributed by atoms with Crippen LogP contribution in [0.15, 0.2) is 28.4 Å². The zero-order valence-electron chi connectivity index (χ0n) is 5.56. The van der Waals surface area contributed by atoms with Gasteiger partial charge in [0.1, 0.15) is 5.17 Å². The van der Waals surface area contributed by atoms with Gasteiger partial charge in [-0.15, -0.1) is 0 Å². The zero-order valence-corrected chi connectivity index (χ0v) is 7.08. The van der Waals surface area contributed by atoms with E-state index in [4.69, 9.17) is 29.0 Å². The Morgan fingerprint density at radius 3 is 2.40 bits per heavy atom. The van der Waals surface area contributed by atoms with Gasteiger partial charge in [0.15, 0.2) is 0 Å². The molecule has 0 saturated heterocycles. The van der Waals surface area contributed by atoms with Crippen LogP contribution in [-0.4, -0.2) is 5.17 Å².